The van der Waals surface area contributed by atoms with E-state index in [1.807, 2.05) is 22.9 Å². The number of rotatable bonds is 6. The van der Waals surface area contributed by atoms with Crippen LogP contribution in [0.4, 0.5) is 5.13 Å². The van der Waals surface area contributed by atoms with E-state index in [0.717, 1.165) is 17.7 Å². The van der Waals surface area contributed by atoms with Crippen molar-refractivity contribution in [1.29, 1.82) is 0 Å². The minimum Gasteiger partial charge on any atom is -0.342 e. The predicted molar refractivity (Wildman–Crippen MR) is 102 cm³/mol. The van der Waals surface area contributed by atoms with Crippen LogP contribution in [0.3, 0.4) is 0 Å². The van der Waals surface area contributed by atoms with Gasteiger partial charge in [0.1, 0.15) is 0 Å². The van der Waals surface area contributed by atoms with Crippen LogP contribution in [0, 0.1) is 0 Å². The molecule has 2 amide bonds. The van der Waals surface area contributed by atoms with E-state index in [-0.39, 0.29) is 18.4 Å². The number of thiophene rings is 1. The Morgan fingerprint density at radius 1 is 1.12 bits per heavy atom. The van der Waals surface area contributed by atoms with Crippen molar-refractivity contribution in [2.24, 2.45) is 0 Å². The van der Waals surface area contributed by atoms with E-state index >= 15 is 0 Å². The minimum absolute atomic E-state index is 0.0865. The fourth-order valence-electron chi connectivity index (χ4n) is 2.19. The third-order valence-electron chi connectivity index (χ3n) is 3.56. The quantitative estimate of drug-likeness (QED) is 0.692. The molecule has 0 bridgehead atoms. The van der Waals surface area contributed by atoms with Crippen LogP contribution >= 0.6 is 22.7 Å². The molecule has 2 aromatic heterocycles. The highest BCUT2D eigenvalue weighted by Gasteiger charge is 2.11. The first kappa shape index (κ1) is 17.3. The summed E-state index contributed by atoms with van der Waals surface area (Å²) in [6.07, 6.45) is 0.996. The standard InChI is InChI=1S/C18H17N3O2S2/c1-2-12-5-7-13(8-6-12)14-11-25-18(20-14)21-16(22)10-19-17(23)15-4-3-9-24-15/h3-9,11H,2,10H2,1H3,(H,19,23)(H,20,21,22). The van der Waals surface area contributed by atoms with Crippen molar-refractivity contribution in [3.05, 3.63) is 57.6 Å². The smallest absolute Gasteiger partial charge is 0.261 e. The summed E-state index contributed by atoms with van der Waals surface area (Å²) in [6.45, 7) is 2.03. The van der Waals surface area contributed by atoms with Crippen LogP contribution in [-0.4, -0.2) is 23.3 Å². The second-order valence-corrected chi connectivity index (χ2v) is 7.10. The molecule has 0 aliphatic heterocycles. The number of nitrogens with zero attached hydrogens (tertiary/aromatic N) is 1. The summed E-state index contributed by atoms with van der Waals surface area (Å²) < 4.78 is 0. The van der Waals surface area contributed by atoms with Gasteiger partial charge in [0.15, 0.2) is 5.13 Å². The van der Waals surface area contributed by atoms with E-state index < -0.39 is 0 Å². The molecule has 7 heteroatoms. The van der Waals surface area contributed by atoms with Crippen molar-refractivity contribution >= 4 is 39.6 Å². The van der Waals surface area contributed by atoms with Gasteiger partial charge in [0, 0.05) is 10.9 Å². The Morgan fingerprint density at radius 2 is 1.92 bits per heavy atom. The number of aromatic nitrogens is 1. The van der Waals surface area contributed by atoms with E-state index in [1.54, 1.807) is 12.1 Å². The Morgan fingerprint density at radius 3 is 2.60 bits per heavy atom. The molecule has 0 aliphatic carbocycles. The summed E-state index contributed by atoms with van der Waals surface area (Å²) in [6, 6.07) is 11.7. The van der Waals surface area contributed by atoms with Gasteiger partial charge < -0.3 is 10.6 Å². The lowest BCUT2D eigenvalue weighted by Crippen LogP contribution is -2.32. The SMILES string of the molecule is CCc1ccc(-c2csc(NC(=O)CNC(=O)c3cccs3)n2)cc1. The summed E-state index contributed by atoms with van der Waals surface area (Å²) in [5.74, 6) is -0.548. The number of hydrogen-bond acceptors (Lipinski definition) is 5. The average molecular weight is 371 g/mol. The fourth-order valence-corrected chi connectivity index (χ4v) is 3.57. The van der Waals surface area contributed by atoms with Gasteiger partial charge in [-0.15, -0.1) is 22.7 Å². The lowest BCUT2D eigenvalue weighted by Gasteiger charge is -2.03. The normalized spacial score (nSPS) is 10.4. The minimum atomic E-state index is -0.299. The molecule has 0 unspecified atom stereocenters. The van der Waals surface area contributed by atoms with Crippen molar-refractivity contribution in [2.75, 3.05) is 11.9 Å². The monoisotopic (exact) mass is 371 g/mol. The summed E-state index contributed by atoms with van der Waals surface area (Å²) in [5.41, 5.74) is 3.11. The second kappa shape index (κ2) is 8.04. The molecule has 5 nitrogen and oxygen atoms in total. The largest absolute Gasteiger partial charge is 0.342 e. The predicted octanol–water partition coefficient (Wildman–Crippen LogP) is 3.80. The first-order valence-corrected chi connectivity index (χ1v) is 9.58. The number of amides is 2. The van der Waals surface area contributed by atoms with Gasteiger partial charge in [-0.25, -0.2) is 4.98 Å². The zero-order valence-corrected chi connectivity index (χ0v) is 15.2. The maximum absolute atomic E-state index is 12.0. The van der Waals surface area contributed by atoms with Gasteiger partial charge >= 0.3 is 0 Å². The van der Waals surface area contributed by atoms with Crippen molar-refractivity contribution in [2.45, 2.75) is 13.3 Å². The molecular formula is C18H17N3O2S2. The van der Waals surface area contributed by atoms with Gasteiger partial charge in [0.25, 0.3) is 5.91 Å². The van der Waals surface area contributed by atoms with Crippen LogP contribution in [0.25, 0.3) is 11.3 Å². The highest BCUT2D eigenvalue weighted by atomic mass is 32.1. The van der Waals surface area contributed by atoms with E-state index in [0.29, 0.717) is 10.0 Å². The van der Waals surface area contributed by atoms with Gasteiger partial charge in [-0.05, 0) is 23.4 Å². The number of carbonyl (C=O) groups excluding carboxylic acids is 2. The fraction of sp³-hybridized carbons (Fsp3) is 0.167. The molecule has 0 saturated heterocycles. The Hall–Kier alpha value is -2.51. The van der Waals surface area contributed by atoms with Crippen LogP contribution in [0.5, 0.6) is 0 Å². The third kappa shape index (κ3) is 4.52. The van der Waals surface area contributed by atoms with Crippen LogP contribution in [0.2, 0.25) is 0 Å². The van der Waals surface area contributed by atoms with Crippen LogP contribution in [0.1, 0.15) is 22.2 Å². The van der Waals surface area contributed by atoms with Gasteiger partial charge in [0.05, 0.1) is 17.1 Å². The first-order valence-electron chi connectivity index (χ1n) is 7.82. The Labute approximate surface area is 153 Å². The summed E-state index contributed by atoms with van der Waals surface area (Å²) in [7, 11) is 0. The number of anilines is 1. The molecule has 0 saturated carbocycles. The number of hydrogen-bond donors (Lipinski definition) is 2. The summed E-state index contributed by atoms with van der Waals surface area (Å²) in [5, 5.41) is 9.55. The summed E-state index contributed by atoms with van der Waals surface area (Å²) >= 11 is 2.70. The molecule has 0 aliphatic rings. The zero-order valence-electron chi connectivity index (χ0n) is 13.6. The topological polar surface area (TPSA) is 71.1 Å². The molecule has 0 atom stereocenters. The molecule has 3 aromatic rings. The highest BCUT2D eigenvalue weighted by Crippen LogP contribution is 2.25. The molecule has 3 rings (SSSR count). The number of aryl methyl sites for hydroxylation is 1. The molecule has 0 spiro atoms. The molecule has 2 N–H and O–H groups in total. The second-order valence-electron chi connectivity index (χ2n) is 5.30. The maximum Gasteiger partial charge on any atom is 0.261 e. The van der Waals surface area contributed by atoms with Crippen LogP contribution < -0.4 is 10.6 Å². The number of benzene rings is 1. The molecule has 25 heavy (non-hydrogen) atoms. The number of carbonyl (C=O) groups is 2. The molecule has 128 valence electrons. The van der Waals surface area contributed by atoms with Crippen LogP contribution in [0.15, 0.2) is 47.2 Å². The van der Waals surface area contributed by atoms with Gasteiger partial charge in [0.2, 0.25) is 5.91 Å². The first-order chi connectivity index (χ1) is 12.2. The lowest BCUT2D eigenvalue weighted by atomic mass is 10.1. The van der Waals surface area contributed by atoms with E-state index in [9.17, 15) is 9.59 Å². The highest BCUT2D eigenvalue weighted by molar-refractivity contribution is 7.14. The van der Waals surface area contributed by atoms with Crippen molar-refractivity contribution in [3.8, 4) is 11.3 Å². The van der Waals surface area contributed by atoms with E-state index in [2.05, 4.69) is 34.7 Å². The molecule has 1 aromatic carbocycles. The molecule has 2 heterocycles. The zero-order chi connectivity index (χ0) is 17.6. The number of thiazole rings is 1. The maximum atomic E-state index is 12.0. The molecule has 0 radical (unpaired) electrons. The molecule has 0 fully saturated rings. The summed E-state index contributed by atoms with van der Waals surface area (Å²) in [4.78, 5) is 28.8. The van der Waals surface area contributed by atoms with Crippen molar-refractivity contribution in [1.82, 2.24) is 10.3 Å². The Kier molecular flexibility index (Phi) is 5.57. The molecular weight excluding hydrogens is 354 g/mol. The number of nitrogens with one attached hydrogen (secondary N) is 2. The lowest BCUT2D eigenvalue weighted by molar-refractivity contribution is -0.115. The third-order valence-corrected chi connectivity index (χ3v) is 5.19. The Balaban J connectivity index is 1.55. The van der Waals surface area contributed by atoms with E-state index in [1.165, 1.54) is 28.2 Å². The van der Waals surface area contributed by atoms with Gasteiger partial charge in [-0.2, -0.15) is 0 Å². The van der Waals surface area contributed by atoms with Crippen molar-refractivity contribution < 1.29 is 9.59 Å². The van der Waals surface area contributed by atoms with Crippen molar-refractivity contribution in [3.63, 3.8) is 0 Å². The van der Waals surface area contributed by atoms with Gasteiger partial charge in [-0.3, -0.25) is 9.59 Å². The van der Waals surface area contributed by atoms with Crippen LogP contribution in [-0.2, 0) is 11.2 Å². The van der Waals surface area contributed by atoms with Gasteiger partial charge in [-0.1, -0.05) is 37.3 Å². The average Bonchev–Trinajstić information content (AvgIpc) is 3.32. The van der Waals surface area contributed by atoms with E-state index in [4.69, 9.17) is 0 Å². The Bertz CT molecular complexity index is 855.